The summed E-state index contributed by atoms with van der Waals surface area (Å²) in [4.78, 5) is 14.4. The molecule has 1 aromatic carbocycles. The van der Waals surface area contributed by atoms with E-state index in [1.54, 1.807) is 0 Å². The maximum absolute atomic E-state index is 12.3. The van der Waals surface area contributed by atoms with Crippen LogP contribution in [0.1, 0.15) is 25.8 Å². The number of nitrogens with two attached hydrogens (primary N) is 1. The van der Waals surface area contributed by atoms with Gasteiger partial charge in [0.15, 0.2) is 0 Å². The smallest absolute Gasteiger partial charge is 0.237 e. The van der Waals surface area contributed by atoms with Crippen LogP contribution in [0.3, 0.4) is 0 Å². The number of carbonyl (C=O) groups excluding carboxylic acids is 1. The Hall–Kier alpha value is -1.39. The lowest BCUT2D eigenvalue weighted by molar-refractivity contribution is -0.123. The van der Waals surface area contributed by atoms with Crippen LogP contribution in [0.4, 0.5) is 0 Å². The maximum Gasteiger partial charge on any atom is 0.237 e. The summed E-state index contributed by atoms with van der Waals surface area (Å²) in [6.45, 7) is 5.17. The Labute approximate surface area is 128 Å². The molecule has 0 bridgehead atoms. The molecule has 0 spiro atoms. The number of carbonyl (C=O) groups is 1. The third kappa shape index (κ3) is 7.25. The molecule has 0 aliphatic carbocycles. The number of amides is 1. The summed E-state index contributed by atoms with van der Waals surface area (Å²) in [7, 11) is 4.03. The normalized spacial score (nSPS) is 14.2. The minimum Gasteiger partial charge on any atom is -0.351 e. The highest BCUT2D eigenvalue weighted by atomic mass is 16.2. The Balaban J connectivity index is 2.55. The van der Waals surface area contributed by atoms with E-state index in [-0.39, 0.29) is 11.9 Å². The fourth-order valence-electron chi connectivity index (χ4n) is 2.46. The Kier molecular flexibility index (Phi) is 7.40. The van der Waals surface area contributed by atoms with E-state index in [1.807, 2.05) is 44.4 Å². The summed E-state index contributed by atoms with van der Waals surface area (Å²) in [6.07, 6.45) is 1.53. The van der Waals surface area contributed by atoms with Crippen LogP contribution in [-0.4, -0.2) is 43.5 Å². The van der Waals surface area contributed by atoms with Gasteiger partial charge in [0.05, 0.1) is 6.04 Å². The van der Waals surface area contributed by atoms with Crippen molar-refractivity contribution in [3.8, 4) is 0 Å². The standard InChI is InChI=1S/C17H29N3O/c1-13(2)10-15(12-20(3)4)19-17(21)16(18)11-14-8-6-5-7-9-14/h5-9,13,15-16H,10-12,18H2,1-4H3,(H,19,21)/t15?,16-/m1/s1. The van der Waals surface area contributed by atoms with Gasteiger partial charge in [0.25, 0.3) is 0 Å². The molecule has 4 heteroatoms. The van der Waals surface area contributed by atoms with Crippen molar-refractivity contribution in [3.63, 3.8) is 0 Å². The zero-order chi connectivity index (χ0) is 15.8. The van der Waals surface area contributed by atoms with Crippen LogP contribution in [-0.2, 0) is 11.2 Å². The predicted molar refractivity (Wildman–Crippen MR) is 88.1 cm³/mol. The van der Waals surface area contributed by atoms with Crippen LogP contribution in [0, 0.1) is 5.92 Å². The van der Waals surface area contributed by atoms with Gasteiger partial charge in [0, 0.05) is 12.6 Å². The molecule has 1 rings (SSSR count). The van der Waals surface area contributed by atoms with E-state index >= 15 is 0 Å². The second-order valence-corrected chi connectivity index (χ2v) is 6.39. The van der Waals surface area contributed by atoms with Crippen molar-refractivity contribution in [1.82, 2.24) is 10.2 Å². The second kappa shape index (κ2) is 8.80. The average Bonchev–Trinajstić information content (AvgIpc) is 2.38. The Bertz CT molecular complexity index is 407. The van der Waals surface area contributed by atoms with Gasteiger partial charge in [-0.1, -0.05) is 44.2 Å². The summed E-state index contributed by atoms with van der Waals surface area (Å²) in [5, 5.41) is 3.09. The van der Waals surface area contributed by atoms with Crippen LogP contribution in [0.25, 0.3) is 0 Å². The summed E-state index contributed by atoms with van der Waals surface area (Å²) < 4.78 is 0. The molecule has 1 unspecified atom stereocenters. The van der Waals surface area contributed by atoms with Gasteiger partial charge in [-0.05, 0) is 38.4 Å². The molecular formula is C17H29N3O. The van der Waals surface area contributed by atoms with Gasteiger partial charge in [0.1, 0.15) is 0 Å². The molecule has 0 saturated heterocycles. The number of hydrogen-bond acceptors (Lipinski definition) is 3. The molecular weight excluding hydrogens is 262 g/mol. The van der Waals surface area contributed by atoms with E-state index in [0.717, 1.165) is 18.5 Å². The molecule has 0 aliphatic rings. The average molecular weight is 291 g/mol. The molecule has 4 nitrogen and oxygen atoms in total. The van der Waals surface area contributed by atoms with Gasteiger partial charge in [-0.2, -0.15) is 0 Å². The van der Waals surface area contributed by atoms with Crippen LogP contribution in [0.2, 0.25) is 0 Å². The highest BCUT2D eigenvalue weighted by Crippen LogP contribution is 2.07. The summed E-state index contributed by atoms with van der Waals surface area (Å²) in [5.74, 6) is 0.479. The molecule has 0 radical (unpaired) electrons. The van der Waals surface area contributed by atoms with E-state index in [2.05, 4.69) is 24.1 Å². The van der Waals surface area contributed by atoms with Gasteiger partial charge >= 0.3 is 0 Å². The molecule has 21 heavy (non-hydrogen) atoms. The number of likely N-dealkylation sites (N-methyl/N-ethyl adjacent to an activating group) is 1. The Morgan fingerprint density at radius 2 is 1.86 bits per heavy atom. The molecule has 0 saturated carbocycles. The summed E-state index contributed by atoms with van der Waals surface area (Å²) >= 11 is 0. The van der Waals surface area contributed by atoms with Crippen LogP contribution in [0.5, 0.6) is 0 Å². The third-order valence-electron chi connectivity index (χ3n) is 3.32. The highest BCUT2D eigenvalue weighted by molar-refractivity contribution is 5.82. The van der Waals surface area contributed by atoms with Crippen LogP contribution >= 0.6 is 0 Å². The monoisotopic (exact) mass is 291 g/mol. The first-order chi connectivity index (χ1) is 9.88. The zero-order valence-electron chi connectivity index (χ0n) is 13.7. The first kappa shape index (κ1) is 17.7. The molecule has 0 fully saturated rings. The molecule has 3 N–H and O–H groups in total. The van der Waals surface area contributed by atoms with E-state index in [1.165, 1.54) is 0 Å². The Morgan fingerprint density at radius 1 is 1.24 bits per heavy atom. The molecule has 0 aliphatic heterocycles. The van der Waals surface area contributed by atoms with Gasteiger partial charge in [0.2, 0.25) is 5.91 Å². The lowest BCUT2D eigenvalue weighted by Gasteiger charge is -2.25. The lowest BCUT2D eigenvalue weighted by Crippen LogP contribution is -2.49. The fraction of sp³-hybridized carbons (Fsp3) is 0.588. The minimum atomic E-state index is -0.496. The lowest BCUT2D eigenvalue weighted by atomic mass is 10.0. The van der Waals surface area contributed by atoms with Crippen LogP contribution < -0.4 is 11.1 Å². The zero-order valence-corrected chi connectivity index (χ0v) is 13.7. The first-order valence-corrected chi connectivity index (χ1v) is 7.63. The van der Waals surface area contributed by atoms with Crippen LogP contribution in [0.15, 0.2) is 30.3 Å². The van der Waals surface area contributed by atoms with Gasteiger partial charge in [-0.15, -0.1) is 0 Å². The number of hydrogen-bond donors (Lipinski definition) is 2. The number of benzene rings is 1. The first-order valence-electron chi connectivity index (χ1n) is 7.63. The van der Waals surface area contributed by atoms with E-state index in [0.29, 0.717) is 12.3 Å². The highest BCUT2D eigenvalue weighted by Gasteiger charge is 2.19. The number of rotatable bonds is 8. The SMILES string of the molecule is CC(C)CC(CN(C)C)NC(=O)[C@H](N)Cc1ccccc1. The quantitative estimate of drug-likeness (QED) is 0.765. The number of nitrogens with zero attached hydrogens (tertiary/aromatic N) is 1. The van der Waals surface area contributed by atoms with E-state index in [4.69, 9.17) is 5.73 Å². The van der Waals surface area contributed by atoms with Gasteiger partial charge < -0.3 is 16.0 Å². The predicted octanol–water partition coefficient (Wildman–Crippen LogP) is 1.65. The topological polar surface area (TPSA) is 58.4 Å². The van der Waals surface area contributed by atoms with Crippen molar-refractivity contribution in [3.05, 3.63) is 35.9 Å². The van der Waals surface area contributed by atoms with E-state index in [9.17, 15) is 4.79 Å². The van der Waals surface area contributed by atoms with Crippen molar-refractivity contribution >= 4 is 5.91 Å². The Morgan fingerprint density at radius 3 is 2.38 bits per heavy atom. The van der Waals surface area contributed by atoms with Crippen molar-refractivity contribution < 1.29 is 4.79 Å². The molecule has 2 atom stereocenters. The minimum absolute atomic E-state index is 0.0636. The van der Waals surface area contributed by atoms with Crippen molar-refractivity contribution in [1.29, 1.82) is 0 Å². The van der Waals surface area contributed by atoms with E-state index < -0.39 is 6.04 Å². The van der Waals surface area contributed by atoms with Crippen molar-refractivity contribution in [2.75, 3.05) is 20.6 Å². The molecule has 118 valence electrons. The maximum atomic E-state index is 12.3. The summed E-state index contributed by atoms with van der Waals surface area (Å²) in [6, 6.07) is 9.54. The van der Waals surface area contributed by atoms with Gasteiger partial charge in [-0.25, -0.2) is 0 Å². The molecule has 0 heterocycles. The third-order valence-corrected chi connectivity index (χ3v) is 3.32. The second-order valence-electron chi connectivity index (χ2n) is 6.39. The van der Waals surface area contributed by atoms with Crippen molar-refractivity contribution in [2.45, 2.75) is 38.8 Å². The molecule has 1 aromatic rings. The fourth-order valence-corrected chi connectivity index (χ4v) is 2.46. The largest absolute Gasteiger partial charge is 0.351 e. The molecule has 1 amide bonds. The number of nitrogens with one attached hydrogen (secondary N) is 1. The summed E-state index contributed by atoms with van der Waals surface area (Å²) in [5.41, 5.74) is 7.12. The molecule has 0 aromatic heterocycles. The van der Waals surface area contributed by atoms with Crippen molar-refractivity contribution in [2.24, 2.45) is 11.7 Å². The van der Waals surface area contributed by atoms with Gasteiger partial charge in [-0.3, -0.25) is 4.79 Å².